The van der Waals surface area contributed by atoms with E-state index in [1.165, 1.54) is 12.0 Å². The van der Waals surface area contributed by atoms with Crippen LogP contribution < -0.4 is 10.6 Å². The van der Waals surface area contributed by atoms with Gasteiger partial charge in [-0.2, -0.15) is 0 Å². The van der Waals surface area contributed by atoms with Crippen LogP contribution in [0.25, 0.3) is 11.0 Å². The van der Waals surface area contributed by atoms with Crippen molar-refractivity contribution in [3.63, 3.8) is 0 Å². The number of fused-ring (bicyclic) bond motifs is 1. The highest BCUT2D eigenvalue weighted by molar-refractivity contribution is 5.95. The average Bonchev–Trinajstić information content (AvgIpc) is 3.25. The highest BCUT2D eigenvalue weighted by atomic mass is 35.5. The van der Waals surface area contributed by atoms with E-state index in [9.17, 15) is 4.79 Å². The second kappa shape index (κ2) is 11.5. The largest absolute Gasteiger partial charge is 0.384 e. The maximum atomic E-state index is 13.1. The number of hydrogen-bond donors (Lipinski definition) is 2. The molecule has 0 atom stereocenters. The number of halogens is 1. The Morgan fingerprint density at radius 3 is 2.35 bits per heavy atom. The Labute approximate surface area is 223 Å². The van der Waals surface area contributed by atoms with Crippen LogP contribution in [0.4, 0.5) is 10.5 Å². The Balaban J connectivity index is 0.00000320. The molecule has 8 heteroatoms. The molecule has 1 aromatic heterocycles. The number of anilines is 1. The third-order valence-electron chi connectivity index (χ3n) is 6.92. The van der Waals surface area contributed by atoms with Gasteiger partial charge < -0.3 is 15.2 Å². The number of amidine groups is 1. The molecule has 192 valence electrons. The fraction of sp³-hybridized carbons (Fsp3) is 0.276. The van der Waals surface area contributed by atoms with Crippen LogP contribution in [-0.4, -0.2) is 46.5 Å². The summed E-state index contributed by atoms with van der Waals surface area (Å²) in [4.78, 5) is 21.8. The molecule has 5 rings (SSSR count). The average molecular weight is 517 g/mol. The topological polar surface area (TPSA) is 91.2 Å². The molecule has 7 nitrogen and oxygen atoms in total. The molecule has 0 spiro atoms. The second-order valence-corrected chi connectivity index (χ2v) is 9.45. The predicted octanol–water partition coefficient (Wildman–Crippen LogP) is 5.42. The number of nitrogen functional groups attached to an aromatic ring is 1. The maximum Gasteiger partial charge on any atom is 0.324 e. The molecule has 4 aromatic rings. The Bertz CT molecular complexity index is 1380. The SMILES string of the molecule is CN(C(=O)N1CCCCC1)c1ccc2c(c1)nc(Cc1ccc(C(=N)N)cc1)n2Cc1ccccc1.Cl. The minimum Gasteiger partial charge on any atom is -0.384 e. The van der Waals surface area contributed by atoms with Crippen molar-refractivity contribution in [2.45, 2.75) is 32.2 Å². The lowest BCUT2D eigenvalue weighted by Crippen LogP contribution is -2.43. The molecular weight excluding hydrogens is 484 g/mol. The van der Waals surface area contributed by atoms with Gasteiger partial charge in [-0.3, -0.25) is 10.3 Å². The lowest BCUT2D eigenvalue weighted by Gasteiger charge is -2.31. The summed E-state index contributed by atoms with van der Waals surface area (Å²) in [5, 5.41) is 7.64. The molecule has 3 aromatic carbocycles. The molecule has 0 aliphatic carbocycles. The summed E-state index contributed by atoms with van der Waals surface area (Å²) in [5.41, 5.74) is 11.4. The number of urea groups is 1. The highest BCUT2D eigenvalue weighted by Gasteiger charge is 2.22. The number of nitrogens with zero attached hydrogens (tertiary/aromatic N) is 4. The highest BCUT2D eigenvalue weighted by Crippen LogP contribution is 2.26. The molecule has 0 bridgehead atoms. The number of imidazole rings is 1. The van der Waals surface area contributed by atoms with Gasteiger partial charge in [-0.1, -0.05) is 54.6 Å². The number of rotatable bonds is 6. The minimum atomic E-state index is 0. The van der Waals surface area contributed by atoms with Crippen molar-refractivity contribution in [3.05, 3.63) is 95.3 Å². The molecule has 1 saturated heterocycles. The number of carbonyl (C=O) groups excluding carboxylic acids is 1. The molecule has 1 aliphatic rings. The van der Waals surface area contributed by atoms with E-state index in [1.807, 2.05) is 66.5 Å². The lowest BCUT2D eigenvalue weighted by atomic mass is 10.1. The van der Waals surface area contributed by atoms with Gasteiger partial charge >= 0.3 is 6.03 Å². The number of nitrogens with two attached hydrogens (primary N) is 1. The summed E-state index contributed by atoms with van der Waals surface area (Å²) >= 11 is 0. The van der Waals surface area contributed by atoms with Crippen molar-refractivity contribution >= 4 is 41.0 Å². The van der Waals surface area contributed by atoms with Gasteiger partial charge in [-0.15, -0.1) is 12.4 Å². The van der Waals surface area contributed by atoms with E-state index >= 15 is 0 Å². The lowest BCUT2D eigenvalue weighted by molar-refractivity contribution is 0.194. The van der Waals surface area contributed by atoms with Gasteiger partial charge in [0.15, 0.2) is 0 Å². The van der Waals surface area contributed by atoms with Crippen molar-refractivity contribution in [1.82, 2.24) is 14.5 Å². The van der Waals surface area contributed by atoms with E-state index in [-0.39, 0.29) is 24.3 Å². The Morgan fingerprint density at radius 1 is 0.973 bits per heavy atom. The quantitative estimate of drug-likeness (QED) is 0.264. The summed E-state index contributed by atoms with van der Waals surface area (Å²) in [6.45, 7) is 2.35. The Morgan fingerprint density at radius 2 is 1.68 bits per heavy atom. The summed E-state index contributed by atoms with van der Waals surface area (Å²) in [5.74, 6) is 1.01. The smallest absolute Gasteiger partial charge is 0.324 e. The van der Waals surface area contributed by atoms with Gasteiger partial charge in [-0.25, -0.2) is 9.78 Å². The molecule has 2 amide bonds. The van der Waals surface area contributed by atoms with Crippen LogP contribution in [0.1, 0.15) is 41.8 Å². The van der Waals surface area contributed by atoms with Crippen LogP contribution in [0.5, 0.6) is 0 Å². The van der Waals surface area contributed by atoms with Crippen molar-refractivity contribution in [2.24, 2.45) is 5.73 Å². The first-order valence-electron chi connectivity index (χ1n) is 12.5. The van der Waals surface area contributed by atoms with E-state index in [4.69, 9.17) is 16.1 Å². The molecule has 2 heterocycles. The van der Waals surface area contributed by atoms with E-state index in [0.717, 1.165) is 54.0 Å². The summed E-state index contributed by atoms with van der Waals surface area (Å²) in [6, 6.07) is 24.3. The zero-order chi connectivity index (χ0) is 25.1. The van der Waals surface area contributed by atoms with Crippen LogP contribution >= 0.6 is 12.4 Å². The van der Waals surface area contributed by atoms with Gasteiger partial charge in [0.25, 0.3) is 0 Å². The van der Waals surface area contributed by atoms with Crippen LogP contribution in [-0.2, 0) is 13.0 Å². The van der Waals surface area contributed by atoms with Crippen LogP contribution in [0.15, 0.2) is 72.8 Å². The Kier molecular flexibility index (Phi) is 8.14. The number of nitrogens with one attached hydrogen (secondary N) is 1. The molecule has 37 heavy (non-hydrogen) atoms. The zero-order valence-electron chi connectivity index (χ0n) is 21.1. The first kappa shape index (κ1) is 26.2. The number of likely N-dealkylation sites (tertiary alicyclic amines) is 1. The van der Waals surface area contributed by atoms with Crippen LogP contribution in [0, 0.1) is 5.41 Å². The van der Waals surface area contributed by atoms with Crippen LogP contribution in [0.3, 0.4) is 0 Å². The molecule has 1 aliphatic heterocycles. The minimum absolute atomic E-state index is 0. The number of piperidine rings is 1. The molecule has 0 radical (unpaired) electrons. The number of benzene rings is 3. The molecule has 0 unspecified atom stereocenters. The van der Waals surface area contributed by atoms with E-state index in [1.54, 1.807) is 4.90 Å². The van der Waals surface area contributed by atoms with E-state index < -0.39 is 0 Å². The summed E-state index contributed by atoms with van der Waals surface area (Å²) < 4.78 is 2.25. The first-order chi connectivity index (χ1) is 17.5. The number of amides is 2. The van der Waals surface area contributed by atoms with Gasteiger partial charge in [0.2, 0.25) is 0 Å². The maximum absolute atomic E-state index is 13.1. The molecular formula is C29H33ClN6O. The normalized spacial score (nSPS) is 13.3. The van der Waals surface area contributed by atoms with Crippen molar-refractivity contribution in [1.29, 1.82) is 5.41 Å². The first-order valence-corrected chi connectivity index (χ1v) is 12.5. The number of aromatic nitrogens is 2. The second-order valence-electron chi connectivity index (χ2n) is 9.45. The van der Waals surface area contributed by atoms with Crippen LogP contribution in [0.2, 0.25) is 0 Å². The van der Waals surface area contributed by atoms with Gasteiger partial charge in [0.05, 0.1) is 11.0 Å². The standard InChI is InChI=1S/C29H32N6O.ClH/c1-33(29(36)34-16-6-3-7-17-34)24-14-15-26-25(19-24)32-27(35(26)20-22-8-4-2-5-9-22)18-21-10-12-23(13-11-21)28(30)31;/h2,4-5,8-15,19H,3,6-7,16-18,20H2,1H3,(H3,30,31);1H. The Hall–Kier alpha value is -3.84. The predicted molar refractivity (Wildman–Crippen MR) is 152 cm³/mol. The molecule has 0 saturated carbocycles. The third-order valence-corrected chi connectivity index (χ3v) is 6.92. The molecule has 1 fully saturated rings. The molecule has 3 N–H and O–H groups in total. The van der Waals surface area contributed by atoms with Crippen molar-refractivity contribution in [3.8, 4) is 0 Å². The van der Waals surface area contributed by atoms with E-state index in [2.05, 4.69) is 22.8 Å². The van der Waals surface area contributed by atoms with Gasteiger partial charge in [0.1, 0.15) is 11.7 Å². The number of hydrogen-bond acceptors (Lipinski definition) is 3. The van der Waals surface area contributed by atoms with Gasteiger partial charge in [0, 0.05) is 44.4 Å². The number of carbonyl (C=O) groups is 1. The van der Waals surface area contributed by atoms with Crippen molar-refractivity contribution < 1.29 is 4.79 Å². The monoisotopic (exact) mass is 516 g/mol. The fourth-order valence-electron chi connectivity index (χ4n) is 4.85. The third kappa shape index (κ3) is 5.78. The summed E-state index contributed by atoms with van der Waals surface area (Å²) in [7, 11) is 1.84. The zero-order valence-corrected chi connectivity index (χ0v) is 21.9. The summed E-state index contributed by atoms with van der Waals surface area (Å²) in [6.07, 6.45) is 3.98. The fourth-order valence-corrected chi connectivity index (χ4v) is 4.85. The van der Waals surface area contributed by atoms with Crippen molar-refractivity contribution in [2.75, 3.05) is 25.0 Å². The van der Waals surface area contributed by atoms with Gasteiger partial charge in [-0.05, 0) is 48.6 Å². The van der Waals surface area contributed by atoms with E-state index in [0.29, 0.717) is 18.5 Å².